The van der Waals surface area contributed by atoms with Gasteiger partial charge in [0.2, 0.25) is 5.91 Å². The first kappa shape index (κ1) is 13.7. The molecule has 0 heterocycles. The van der Waals surface area contributed by atoms with Crippen LogP contribution in [0, 0.1) is 11.8 Å². The molecule has 0 saturated heterocycles. The summed E-state index contributed by atoms with van der Waals surface area (Å²) in [4.78, 5) is 22.9. The maximum atomic E-state index is 11.5. The van der Waals surface area contributed by atoms with Crippen LogP contribution in [0.1, 0.15) is 13.3 Å². The summed E-state index contributed by atoms with van der Waals surface area (Å²) in [6, 6.07) is 6.87. The summed E-state index contributed by atoms with van der Waals surface area (Å²) in [5, 5.41) is 0.436. The molecule has 0 aliphatic heterocycles. The van der Waals surface area contributed by atoms with Gasteiger partial charge in [0.1, 0.15) is 5.75 Å². The van der Waals surface area contributed by atoms with Crippen molar-refractivity contribution in [3.05, 3.63) is 29.3 Å². The van der Waals surface area contributed by atoms with Gasteiger partial charge in [0.15, 0.2) is 6.61 Å². The molecule has 0 bridgehead atoms. The lowest BCUT2D eigenvalue weighted by Gasteiger charge is -2.09. The van der Waals surface area contributed by atoms with Gasteiger partial charge in [0.05, 0.1) is 5.02 Å². The molecule has 102 valence electrons. The Bertz CT molecular complexity index is 493. The minimum absolute atomic E-state index is 0.0183. The Morgan fingerprint density at radius 1 is 1.37 bits per heavy atom. The fraction of sp³-hybridized carbons (Fsp3) is 0.385. The molecule has 2 N–H and O–H groups in total. The summed E-state index contributed by atoms with van der Waals surface area (Å²) < 4.78 is 5.23. The van der Waals surface area contributed by atoms with Gasteiger partial charge in [0, 0.05) is 5.92 Å². The molecule has 1 aromatic carbocycles. The van der Waals surface area contributed by atoms with Gasteiger partial charge in [-0.05, 0) is 24.5 Å². The quantitative estimate of drug-likeness (QED) is 0.823. The third-order valence-electron chi connectivity index (χ3n) is 2.97. The van der Waals surface area contributed by atoms with E-state index in [0.29, 0.717) is 16.7 Å². The van der Waals surface area contributed by atoms with Gasteiger partial charge >= 0.3 is 0 Å². The van der Waals surface area contributed by atoms with Gasteiger partial charge in [-0.2, -0.15) is 0 Å². The fourth-order valence-electron chi connectivity index (χ4n) is 1.65. The highest BCUT2D eigenvalue weighted by molar-refractivity contribution is 6.32. The van der Waals surface area contributed by atoms with Gasteiger partial charge in [-0.1, -0.05) is 30.7 Å². The number of carbonyl (C=O) groups is 2. The lowest BCUT2D eigenvalue weighted by molar-refractivity contribution is -0.130. The number of amides is 2. The Hall–Kier alpha value is -1.75. The highest BCUT2D eigenvalue weighted by Gasteiger charge is 2.39. The second-order valence-electron chi connectivity index (χ2n) is 4.58. The number of benzene rings is 1. The molecule has 1 aliphatic rings. The van der Waals surface area contributed by atoms with E-state index >= 15 is 0 Å². The molecule has 2 rings (SSSR count). The highest BCUT2D eigenvalue weighted by Crippen LogP contribution is 2.37. The Morgan fingerprint density at radius 2 is 2.05 bits per heavy atom. The molecule has 1 saturated carbocycles. The summed E-state index contributed by atoms with van der Waals surface area (Å²) in [6.07, 6.45) is 0.873. The first-order chi connectivity index (χ1) is 9.08. The topological polar surface area (TPSA) is 67.4 Å². The zero-order chi connectivity index (χ0) is 13.8. The highest BCUT2D eigenvalue weighted by atomic mass is 35.5. The van der Waals surface area contributed by atoms with Crippen molar-refractivity contribution in [1.29, 1.82) is 0 Å². The Kier molecular flexibility index (Phi) is 4.27. The van der Waals surface area contributed by atoms with Crippen LogP contribution >= 0.6 is 11.6 Å². The van der Waals surface area contributed by atoms with Crippen LogP contribution in [-0.4, -0.2) is 18.4 Å². The van der Waals surface area contributed by atoms with Crippen LogP contribution in [0.4, 0.5) is 0 Å². The van der Waals surface area contributed by atoms with Crippen molar-refractivity contribution in [2.75, 3.05) is 6.61 Å². The maximum Gasteiger partial charge on any atom is 0.276 e. The largest absolute Gasteiger partial charge is 0.482 e. The van der Waals surface area contributed by atoms with E-state index in [1.807, 2.05) is 6.92 Å². The first-order valence-electron chi connectivity index (χ1n) is 6.04. The molecule has 0 unspecified atom stereocenters. The van der Waals surface area contributed by atoms with Gasteiger partial charge in [0.25, 0.3) is 5.91 Å². The van der Waals surface area contributed by atoms with Crippen LogP contribution in [-0.2, 0) is 9.59 Å². The van der Waals surface area contributed by atoms with Crippen molar-refractivity contribution in [2.24, 2.45) is 11.8 Å². The zero-order valence-corrected chi connectivity index (χ0v) is 11.2. The standard InChI is InChI=1S/C13H15ClN2O3/c1-8-6-9(8)13(18)16-15-12(17)7-19-11-5-3-2-4-10(11)14/h2-5,8-9H,6-7H2,1H3,(H,15,17)(H,16,18)/t8-,9+/m1/s1. The molecular formula is C13H15ClN2O3. The van der Waals surface area contributed by atoms with E-state index in [4.69, 9.17) is 16.3 Å². The predicted octanol–water partition coefficient (Wildman–Crippen LogP) is 1.52. The lowest BCUT2D eigenvalue weighted by atomic mass is 10.3. The van der Waals surface area contributed by atoms with Crippen molar-refractivity contribution >= 4 is 23.4 Å². The molecule has 1 fully saturated rings. The molecule has 1 aliphatic carbocycles. The van der Waals surface area contributed by atoms with E-state index in [-0.39, 0.29) is 18.4 Å². The molecule has 19 heavy (non-hydrogen) atoms. The number of nitrogens with one attached hydrogen (secondary N) is 2. The van der Waals surface area contributed by atoms with Crippen LogP contribution < -0.4 is 15.6 Å². The average molecular weight is 283 g/mol. The van der Waals surface area contributed by atoms with E-state index in [1.54, 1.807) is 24.3 Å². The minimum Gasteiger partial charge on any atom is -0.482 e. The molecule has 2 amide bonds. The number of hydrazine groups is 1. The lowest BCUT2D eigenvalue weighted by Crippen LogP contribution is -2.44. The summed E-state index contributed by atoms with van der Waals surface area (Å²) in [6.45, 7) is 1.79. The summed E-state index contributed by atoms with van der Waals surface area (Å²) in [5.41, 5.74) is 4.68. The van der Waals surface area contributed by atoms with Gasteiger partial charge in [-0.25, -0.2) is 0 Å². The number of para-hydroxylation sites is 1. The number of halogens is 1. The van der Waals surface area contributed by atoms with Gasteiger partial charge < -0.3 is 4.74 Å². The van der Waals surface area contributed by atoms with Crippen molar-refractivity contribution in [3.63, 3.8) is 0 Å². The molecule has 0 spiro atoms. The van der Waals surface area contributed by atoms with Crippen molar-refractivity contribution in [3.8, 4) is 5.75 Å². The predicted molar refractivity (Wildman–Crippen MR) is 70.5 cm³/mol. The number of ether oxygens (including phenoxy) is 1. The summed E-state index contributed by atoms with van der Waals surface area (Å²) >= 11 is 5.87. The Labute approximate surface area is 116 Å². The van der Waals surface area contributed by atoms with E-state index in [1.165, 1.54) is 0 Å². The van der Waals surface area contributed by atoms with Gasteiger partial charge in [-0.3, -0.25) is 20.4 Å². The fourth-order valence-corrected chi connectivity index (χ4v) is 1.84. The first-order valence-corrected chi connectivity index (χ1v) is 6.41. The number of rotatable bonds is 4. The van der Waals surface area contributed by atoms with E-state index in [9.17, 15) is 9.59 Å². The van der Waals surface area contributed by atoms with Crippen LogP contribution in [0.15, 0.2) is 24.3 Å². The van der Waals surface area contributed by atoms with Crippen LogP contribution in [0.3, 0.4) is 0 Å². The minimum atomic E-state index is -0.429. The number of hydrogen-bond donors (Lipinski definition) is 2. The molecule has 2 atom stereocenters. The third-order valence-corrected chi connectivity index (χ3v) is 3.28. The van der Waals surface area contributed by atoms with E-state index < -0.39 is 5.91 Å². The summed E-state index contributed by atoms with van der Waals surface area (Å²) in [5.74, 6) is 0.266. The normalized spacial score (nSPS) is 20.5. The van der Waals surface area contributed by atoms with Crippen molar-refractivity contribution in [1.82, 2.24) is 10.9 Å². The molecule has 0 aromatic heterocycles. The third kappa shape index (κ3) is 3.86. The molecule has 0 radical (unpaired) electrons. The van der Waals surface area contributed by atoms with Crippen LogP contribution in [0.2, 0.25) is 5.02 Å². The van der Waals surface area contributed by atoms with Gasteiger partial charge in [-0.15, -0.1) is 0 Å². The Morgan fingerprint density at radius 3 is 2.68 bits per heavy atom. The van der Waals surface area contributed by atoms with Crippen molar-refractivity contribution < 1.29 is 14.3 Å². The van der Waals surface area contributed by atoms with Crippen molar-refractivity contribution in [2.45, 2.75) is 13.3 Å². The maximum absolute atomic E-state index is 11.5. The van der Waals surface area contributed by atoms with Crippen LogP contribution in [0.25, 0.3) is 0 Å². The molecule has 1 aromatic rings. The summed E-state index contributed by atoms with van der Waals surface area (Å²) in [7, 11) is 0. The van der Waals surface area contributed by atoms with E-state index in [0.717, 1.165) is 6.42 Å². The SMILES string of the molecule is C[C@@H]1C[C@@H]1C(=O)NNC(=O)COc1ccccc1Cl. The average Bonchev–Trinajstić information content (AvgIpc) is 3.12. The second-order valence-corrected chi connectivity index (χ2v) is 4.98. The Balaban J connectivity index is 1.70. The van der Waals surface area contributed by atoms with E-state index in [2.05, 4.69) is 10.9 Å². The molecule has 6 heteroatoms. The molecule has 5 nitrogen and oxygen atoms in total. The smallest absolute Gasteiger partial charge is 0.276 e. The number of carbonyl (C=O) groups excluding carboxylic acids is 2. The molecular weight excluding hydrogens is 268 g/mol. The second kappa shape index (κ2) is 5.93. The number of hydrogen-bond acceptors (Lipinski definition) is 3. The zero-order valence-electron chi connectivity index (χ0n) is 10.5. The van der Waals surface area contributed by atoms with Crippen LogP contribution in [0.5, 0.6) is 5.75 Å². The monoisotopic (exact) mass is 282 g/mol.